The van der Waals surface area contributed by atoms with Gasteiger partial charge in [0.05, 0.1) is 13.2 Å². The lowest BCUT2D eigenvalue weighted by atomic mass is 10.00. The van der Waals surface area contributed by atoms with Crippen molar-refractivity contribution >= 4 is 11.6 Å². The van der Waals surface area contributed by atoms with E-state index in [4.69, 9.17) is 10.5 Å². The maximum atomic E-state index is 12.2. The van der Waals surface area contributed by atoms with Crippen molar-refractivity contribution in [3.05, 3.63) is 29.8 Å². The van der Waals surface area contributed by atoms with Crippen LogP contribution in [0.2, 0.25) is 0 Å². The molecule has 3 N–H and O–H groups in total. The lowest BCUT2D eigenvalue weighted by Crippen LogP contribution is -2.38. The highest BCUT2D eigenvalue weighted by molar-refractivity contribution is 5.90. The van der Waals surface area contributed by atoms with E-state index in [1.165, 1.54) is 5.56 Å². The molecule has 0 radical (unpaired) electrons. The quantitative estimate of drug-likeness (QED) is 0.870. The number of nitrogens with one attached hydrogen (secondary N) is 1. The smallest absolute Gasteiger partial charge is 0.224 e. The number of carbonyl (C=O) groups excluding carboxylic acids is 1. The molecule has 132 valence electrons. The fraction of sp³-hybridized carbons (Fsp3) is 0.632. The summed E-state index contributed by atoms with van der Waals surface area (Å²) in [7, 11) is 0. The highest BCUT2D eigenvalue weighted by Gasteiger charge is 2.26. The molecule has 2 fully saturated rings. The Kier molecular flexibility index (Phi) is 5.87. The van der Waals surface area contributed by atoms with E-state index in [0.29, 0.717) is 18.4 Å². The fourth-order valence-electron chi connectivity index (χ4n) is 3.79. The van der Waals surface area contributed by atoms with Gasteiger partial charge in [0.1, 0.15) is 0 Å². The largest absolute Gasteiger partial charge is 0.379 e. The molecule has 1 saturated heterocycles. The molecule has 3 atom stereocenters. The zero-order valence-corrected chi connectivity index (χ0v) is 14.5. The molecular formula is C19H29N3O2. The Morgan fingerprint density at radius 2 is 2.00 bits per heavy atom. The summed E-state index contributed by atoms with van der Waals surface area (Å²) < 4.78 is 5.41. The summed E-state index contributed by atoms with van der Waals surface area (Å²) in [5, 5.41) is 3.01. The number of hydrogen-bond donors (Lipinski definition) is 2. The first kappa shape index (κ1) is 17.4. The normalized spacial score (nSPS) is 26.2. The average Bonchev–Trinajstić information content (AvgIpc) is 3.00. The molecule has 1 saturated carbocycles. The molecule has 1 amide bonds. The standard InChI is InChI=1S/C19H29N3O2/c1-14(22-9-11-24-12-10-22)15-5-7-17(8-6-15)21-19(23)13-16-3-2-4-18(16)20/h5-8,14,16,18H,2-4,9-13,20H2,1H3,(H,21,23)/t14?,16-,18+/m0/s1. The minimum Gasteiger partial charge on any atom is -0.379 e. The number of ether oxygens (including phenoxy) is 1. The number of nitrogens with zero attached hydrogens (tertiary/aromatic N) is 1. The van der Waals surface area contributed by atoms with Gasteiger partial charge in [-0.15, -0.1) is 0 Å². The summed E-state index contributed by atoms with van der Waals surface area (Å²) in [6.07, 6.45) is 3.80. The molecule has 1 unspecified atom stereocenters. The minimum atomic E-state index is 0.0753. The summed E-state index contributed by atoms with van der Waals surface area (Å²) in [5.41, 5.74) is 8.19. The molecule has 3 rings (SSSR count). The average molecular weight is 331 g/mol. The Bertz CT molecular complexity index is 540. The molecule has 2 aliphatic rings. The van der Waals surface area contributed by atoms with Gasteiger partial charge in [0, 0.05) is 37.3 Å². The predicted octanol–water partition coefficient (Wildman–Crippen LogP) is 2.54. The first-order valence-corrected chi connectivity index (χ1v) is 9.10. The van der Waals surface area contributed by atoms with E-state index in [-0.39, 0.29) is 11.9 Å². The monoisotopic (exact) mass is 331 g/mol. The maximum absolute atomic E-state index is 12.2. The van der Waals surface area contributed by atoms with Crippen LogP contribution in [0, 0.1) is 5.92 Å². The van der Waals surface area contributed by atoms with Gasteiger partial charge in [0.15, 0.2) is 0 Å². The second-order valence-electron chi connectivity index (χ2n) is 7.05. The van der Waals surface area contributed by atoms with Gasteiger partial charge < -0.3 is 15.8 Å². The minimum absolute atomic E-state index is 0.0753. The van der Waals surface area contributed by atoms with Gasteiger partial charge in [-0.3, -0.25) is 9.69 Å². The summed E-state index contributed by atoms with van der Waals surface area (Å²) in [6.45, 7) is 5.78. The van der Waals surface area contributed by atoms with Crippen molar-refractivity contribution in [1.82, 2.24) is 4.90 Å². The molecule has 5 heteroatoms. The summed E-state index contributed by atoms with van der Waals surface area (Å²) in [6, 6.07) is 8.77. The molecule has 1 aromatic carbocycles. The van der Waals surface area contributed by atoms with Crippen LogP contribution in [-0.4, -0.2) is 43.2 Å². The SMILES string of the molecule is CC(c1ccc(NC(=O)C[C@@H]2CCC[C@H]2N)cc1)N1CCOCC1. The van der Waals surface area contributed by atoms with Crippen LogP contribution in [0.4, 0.5) is 5.69 Å². The molecule has 1 heterocycles. The molecule has 1 aliphatic heterocycles. The molecule has 0 spiro atoms. The zero-order valence-electron chi connectivity index (χ0n) is 14.5. The van der Waals surface area contributed by atoms with Crippen LogP contribution in [0.3, 0.4) is 0 Å². The Labute approximate surface area is 144 Å². The molecule has 0 bridgehead atoms. The number of morpholine rings is 1. The van der Waals surface area contributed by atoms with Crippen molar-refractivity contribution in [3.8, 4) is 0 Å². The van der Waals surface area contributed by atoms with Gasteiger partial charge in [-0.25, -0.2) is 0 Å². The van der Waals surface area contributed by atoms with Crippen LogP contribution in [0.1, 0.15) is 44.2 Å². The van der Waals surface area contributed by atoms with Crippen molar-refractivity contribution in [3.63, 3.8) is 0 Å². The van der Waals surface area contributed by atoms with E-state index in [0.717, 1.165) is 51.3 Å². The Morgan fingerprint density at radius 3 is 2.62 bits per heavy atom. The highest BCUT2D eigenvalue weighted by Crippen LogP contribution is 2.27. The predicted molar refractivity (Wildman–Crippen MR) is 95.8 cm³/mol. The van der Waals surface area contributed by atoms with Crippen molar-refractivity contribution in [2.45, 2.75) is 44.7 Å². The second-order valence-corrected chi connectivity index (χ2v) is 7.05. The Balaban J connectivity index is 1.53. The molecule has 5 nitrogen and oxygen atoms in total. The van der Waals surface area contributed by atoms with Gasteiger partial charge in [-0.05, 0) is 43.4 Å². The second kappa shape index (κ2) is 8.10. The fourth-order valence-corrected chi connectivity index (χ4v) is 3.79. The van der Waals surface area contributed by atoms with Crippen molar-refractivity contribution in [2.75, 3.05) is 31.6 Å². The summed E-state index contributed by atoms with van der Waals surface area (Å²) in [5.74, 6) is 0.414. The third kappa shape index (κ3) is 4.35. The lowest BCUT2D eigenvalue weighted by Gasteiger charge is -2.32. The number of nitrogens with two attached hydrogens (primary N) is 1. The van der Waals surface area contributed by atoms with E-state index >= 15 is 0 Å². The van der Waals surface area contributed by atoms with Crippen molar-refractivity contribution in [2.24, 2.45) is 11.7 Å². The molecular weight excluding hydrogens is 302 g/mol. The van der Waals surface area contributed by atoms with Gasteiger partial charge >= 0.3 is 0 Å². The number of amides is 1. The van der Waals surface area contributed by atoms with E-state index < -0.39 is 0 Å². The number of rotatable bonds is 5. The van der Waals surface area contributed by atoms with E-state index in [2.05, 4.69) is 29.3 Å². The number of anilines is 1. The summed E-state index contributed by atoms with van der Waals surface area (Å²) >= 11 is 0. The third-order valence-electron chi connectivity index (χ3n) is 5.44. The van der Waals surface area contributed by atoms with Crippen molar-refractivity contribution < 1.29 is 9.53 Å². The number of benzene rings is 1. The van der Waals surface area contributed by atoms with Crippen LogP contribution in [0.5, 0.6) is 0 Å². The van der Waals surface area contributed by atoms with Crippen LogP contribution in [0.15, 0.2) is 24.3 Å². The number of hydrogen-bond acceptors (Lipinski definition) is 4. The highest BCUT2D eigenvalue weighted by atomic mass is 16.5. The van der Waals surface area contributed by atoms with Crippen LogP contribution >= 0.6 is 0 Å². The molecule has 1 aromatic rings. The Hall–Kier alpha value is -1.43. The molecule has 24 heavy (non-hydrogen) atoms. The van der Waals surface area contributed by atoms with Gasteiger partial charge in [0.25, 0.3) is 0 Å². The van der Waals surface area contributed by atoms with Crippen molar-refractivity contribution in [1.29, 1.82) is 0 Å². The lowest BCUT2D eigenvalue weighted by molar-refractivity contribution is -0.117. The third-order valence-corrected chi connectivity index (χ3v) is 5.44. The number of carbonyl (C=O) groups is 1. The van der Waals surface area contributed by atoms with Crippen LogP contribution < -0.4 is 11.1 Å². The summed E-state index contributed by atoms with van der Waals surface area (Å²) in [4.78, 5) is 14.6. The van der Waals surface area contributed by atoms with Crippen LogP contribution in [-0.2, 0) is 9.53 Å². The van der Waals surface area contributed by atoms with E-state index in [1.807, 2.05) is 12.1 Å². The van der Waals surface area contributed by atoms with Crippen LogP contribution in [0.25, 0.3) is 0 Å². The topological polar surface area (TPSA) is 67.6 Å². The maximum Gasteiger partial charge on any atom is 0.224 e. The Morgan fingerprint density at radius 1 is 1.29 bits per heavy atom. The van der Waals surface area contributed by atoms with E-state index in [9.17, 15) is 4.79 Å². The zero-order chi connectivity index (χ0) is 16.9. The molecule has 1 aliphatic carbocycles. The van der Waals surface area contributed by atoms with Gasteiger partial charge in [-0.2, -0.15) is 0 Å². The first-order valence-electron chi connectivity index (χ1n) is 9.10. The van der Waals surface area contributed by atoms with E-state index in [1.54, 1.807) is 0 Å². The molecule has 0 aromatic heterocycles. The van der Waals surface area contributed by atoms with Gasteiger partial charge in [0.2, 0.25) is 5.91 Å². The van der Waals surface area contributed by atoms with Gasteiger partial charge in [-0.1, -0.05) is 18.6 Å². The first-order chi connectivity index (χ1) is 11.6.